The normalized spacial score (nSPS) is 13.2. The summed E-state index contributed by atoms with van der Waals surface area (Å²) in [5, 5.41) is 2.58. The van der Waals surface area contributed by atoms with E-state index >= 15 is 0 Å². The second kappa shape index (κ2) is 13.8. The van der Waals surface area contributed by atoms with Gasteiger partial charge in [-0.1, -0.05) is 191 Å². The van der Waals surface area contributed by atoms with Gasteiger partial charge in [-0.05, 0) is 131 Å². The molecule has 0 aliphatic heterocycles. The number of nitrogens with zero attached hydrogens (tertiary/aromatic N) is 1. The average molecular weight is 770 g/mol. The summed E-state index contributed by atoms with van der Waals surface area (Å²) in [4.78, 5) is 2.50. The Morgan fingerprint density at radius 1 is 0.417 bits per heavy atom. The molecule has 1 nitrogen and oxygen atoms in total. The summed E-state index contributed by atoms with van der Waals surface area (Å²) in [7, 11) is 0. The highest BCUT2D eigenvalue weighted by Crippen LogP contribution is 2.64. The fourth-order valence-electron chi connectivity index (χ4n) is 10.5. The highest BCUT2D eigenvalue weighted by molar-refractivity contribution is 6.01. The van der Waals surface area contributed by atoms with Gasteiger partial charge in [0.1, 0.15) is 0 Å². The van der Waals surface area contributed by atoms with Crippen LogP contribution in [0.3, 0.4) is 0 Å². The lowest BCUT2D eigenvalue weighted by Crippen LogP contribution is -2.26. The van der Waals surface area contributed by atoms with Gasteiger partial charge < -0.3 is 4.90 Å². The van der Waals surface area contributed by atoms with Crippen molar-refractivity contribution in [3.63, 3.8) is 0 Å². The number of rotatable bonds is 6. The van der Waals surface area contributed by atoms with Gasteiger partial charge in [-0.15, -0.1) is 0 Å². The highest BCUT2D eigenvalue weighted by atomic mass is 15.1. The summed E-state index contributed by atoms with van der Waals surface area (Å²) in [6, 6.07) is 75.0. The summed E-state index contributed by atoms with van der Waals surface area (Å²) in [5.74, 6) is 0. The lowest BCUT2D eigenvalue weighted by atomic mass is 9.70. The molecule has 0 radical (unpaired) electrons. The largest absolute Gasteiger partial charge is 0.310 e. The molecule has 0 saturated carbocycles. The fourth-order valence-corrected chi connectivity index (χ4v) is 10.5. The summed E-state index contributed by atoms with van der Waals surface area (Å²) in [6.07, 6.45) is 1.03. The molecule has 0 N–H and O–H groups in total. The van der Waals surface area contributed by atoms with Gasteiger partial charge in [-0.2, -0.15) is 0 Å². The number of benzene rings is 9. The predicted molar refractivity (Wildman–Crippen MR) is 254 cm³/mol. The zero-order valence-corrected chi connectivity index (χ0v) is 34.7. The van der Waals surface area contributed by atoms with Crippen molar-refractivity contribution >= 4 is 27.8 Å². The van der Waals surface area contributed by atoms with Crippen LogP contribution < -0.4 is 4.90 Å². The maximum Gasteiger partial charge on any atom is 0.0726 e. The Bertz CT molecular complexity index is 3080. The molecule has 1 heteroatoms. The van der Waals surface area contributed by atoms with Gasteiger partial charge in [0.2, 0.25) is 0 Å². The van der Waals surface area contributed by atoms with Crippen LogP contribution >= 0.6 is 0 Å². The number of hydrogen-bond donors (Lipinski definition) is 0. The average Bonchev–Trinajstić information content (AvgIpc) is 3.77. The van der Waals surface area contributed by atoms with E-state index in [1.54, 1.807) is 0 Å². The van der Waals surface area contributed by atoms with Crippen molar-refractivity contribution in [1.29, 1.82) is 0 Å². The van der Waals surface area contributed by atoms with Gasteiger partial charge >= 0.3 is 0 Å². The van der Waals surface area contributed by atoms with E-state index in [9.17, 15) is 0 Å². The molecule has 0 aromatic heterocycles. The molecule has 9 aromatic rings. The van der Waals surface area contributed by atoms with Crippen molar-refractivity contribution in [2.24, 2.45) is 0 Å². The van der Waals surface area contributed by atoms with E-state index in [4.69, 9.17) is 0 Å². The Balaban J connectivity index is 1.15. The Labute approximate surface area is 354 Å². The molecule has 2 aliphatic rings. The topological polar surface area (TPSA) is 3.24 Å². The number of aryl methyl sites for hydroxylation is 1. The molecule has 2 aliphatic carbocycles. The third-order valence-corrected chi connectivity index (χ3v) is 13.1. The van der Waals surface area contributed by atoms with E-state index in [2.05, 4.69) is 233 Å². The van der Waals surface area contributed by atoms with E-state index in [1.165, 1.54) is 94.3 Å². The minimum Gasteiger partial charge on any atom is -0.310 e. The second-order valence-electron chi connectivity index (χ2n) is 17.6. The second-order valence-corrected chi connectivity index (χ2v) is 17.6. The van der Waals surface area contributed by atoms with Crippen LogP contribution in [0.15, 0.2) is 200 Å². The van der Waals surface area contributed by atoms with Gasteiger partial charge in [0, 0.05) is 16.9 Å². The predicted octanol–water partition coefficient (Wildman–Crippen LogP) is 15.8. The number of hydrogen-bond acceptors (Lipinski definition) is 1. The van der Waals surface area contributed by atoms with Gasteiger partial charge in [0.15, 0.2) is 0 Å². The summed E-state index contributed by atoms with van der Waals surface area (Å²) in [5.41, 5.74) is 21.3. The minimum atomic E-state index is -0.427. The molecule has 11 rings (SSSR count). The summed E-state index contributed by atoms with van der Waals surface area (Å²) >= 11 is 0. The first-order chi connectivity index (χ1) is 29.3. The van der Waals surface area contributed by atoms with Crippen LogP contribution in [-0.4, -0.2) is 0 Å². The first-order valence-electron chi connectivity index (χ1n) is 21.4. The number of anilines is 3. The maximum atomic E-state index is 2.50. The monoisotopic (exact) mass is 769 g/mol. The zero-order valence-electron chi connectivity index (χ0n) is 34.7. The van der Waals surface area contributed by atoms with Crippen LogP contribution in [0.1, 0.15) is 61.1 Å². The molecule has 0 amide bonds. The van der Waals surface area contributed by atoms with E-state index in [1.807, 2.05) is 0 Å². The van der Waals surface area contributed by atoms with Gasteiger partial charge in [-0.25, -0.2) is 0 Å². The van der Waals surface area contributed by atoms with Gasteiger partial charge in [0.05, 0.1) is 11.1 Å². The lowest BCUT2D eigenvalue weighted by Gasteiger charge is -2.32. The van der Waals surface area contributed by atoms with Crippen molar-refractivity contribution in [1.82, 2.24) is 0 Å². The van der Waals surface area contributed by atoms with Crippen molar-refractivity contribution in [2.75, 3.05) is 4.90 Å². The van der Waals surface area contributed by atoms with E-state index in [0.717, 1.165) is 17.8 Å². The van der Waals surface area contributed by atoms with E-state index in [0.29, 0.717) is 0 Å². The van der Waals surface area contributed by atoms with Crippen molar-refractivity contribution in [3.8, 4) is 44.5 Å². The Hall–Kier alpha value is -6.96. The highest BCUT2D eigenvalue weighted by Gasteiger charge is 2.52. The summed E-state index contributed by atoms with van der Waals surface area (Å²) < 4.78 is 0. The molecular weight excluding hydrogens is 723 g/mol. The van der Waals surface area contributed by atoms with Crippen molar-refractivity contribution in [2.45, 2.75) is 44.9 Å². The standard InChI is InChI=1S/C59H47N/c1-5-39-34-44-33-32-43(35-45(44)38-55(39)58(2,3)4)42-21-16-23-47(37-42)60(46-22-15-20-41(36-46)40-18-7-6-8-19-40)56-31-17-30-54-57(56)50-26-11-14-29-53(50)59(54)51-27-12-9-24-48(51)49-25-10-13-28-52(49)59/h6-38H,5H2,1-4H3. The Kier molecular flexibility index (Phi) is 8.33. The van der Waals surface area contributed by atoms with Gasteiger partial charge in [-0.3, -0.25) is 0 Å². The van der Waals surface area contributed by atoms with Crippen LogP contribution in [0.25, 0.3) is 55.3 Å². The first-order valence-corrected chi connectivity index (χ1v) is 21.4. The SMILES string of the molecule is CCc1cc2ccc(-c3cccc(N(c4cccc(-c5ccccc5)c4)c4cccc5c4-c4ccccc4C54c5ccccc5-c5ccccc54)c3)cc2cc1C(C)(C)C. The fraction of sp³-hybridized carbons (Fsp3) is 0.119. The lowest BCUT2D eigenvalue weighted by molar-refractivity contribution is 0.584. The minimum absolute atomic E-state index is 0.0695. The maximum absolute atomic E-state index is 2.50. The van der Waals surface area contributed by atoms with Crippen LogP contribution in [0, 0.1) is 0 Å². The van der Waals surface area contributed by atoms with Crippen molar-refractivity contribution in [3.05, 3.63) is 234 Å². The smallest absolute Gasteiger partial charge is 0.0726 e. The van der Waals surface area contributed by atoms with E-state index < -0.39 is 5.41 Å². The molecule has 0 heterocycles. The third-order valence-electron chi connectivity index (χ3n) is 13.1. The Morgan fingerprint density at radius 2 is 0.933 bits per heavy atom. The molecule has 9 aromatic carbocycles. The van der Waals surface area contributed by atoms with Crippen LogP contribution in [0.4, 0.5) is 17.1 Å². The van der Waals surface area contributed by atoms with Crippen LogP contribution in [0.5, 0.6) is 0 Å². The molecule has 0 saturated heterocycles. The molecular formula is C59H47N. The first kappa shape index (κ1) is 36.1. The van der Waals surface area contributed by atoms with E-state index in [-0.39, 0.29) is 5.41 Å². The van der Waals surface area contributed by atoms with Crippen LogP contribution in [-0.2, 0) is 17.3 Å². The van der Waals surface area contributed by atoms with Crippen molar-refractivity contribution < 1.29 is 0 Å². The quantitative estimate of drug-likeness (QED) is 0.163. The Morgan fingerprint density at radius 3 is 1.57 bits per heavy atom. The molecule has 0 bridgehead atoms. The molecule has 288 valence electrons. The van der Waals surface area contributed by atoms with Crippen LogP contribution in [0.2, 0.25) is 0 Å². The zero-order chi connectivity index (χ0) is 40.6. The molecule has 0 fully saturated rings. The van der Waals surface area contributed by atoms with Gasteiger partial charge in [0.25, 0.3) is 0 Å². The third kappa shape index (κ3) is 5.46. The molecule has 0 unspecified atom stereocenters. The molecule has 1 spiro atoms. The number of fused-ring (bicyclic) bond motifs is 11. The molecule has 60 heavy (non-hydrogen) atoms. The molecule has 0 atom stereocenters. The summed E-state index contributed by atoms with van der Waals surface area (Å²) in [6.45, 7) is 9.25.